The molecular formula is C22H22N2O. The minimum absolute atomic E-state index is 0.0623. The lowest BCUT2D eigenvalue weighted by Crippen LogP contribution is -2.34. The maximum Gasteiger partial charge on any atom is 0.0949 e. The molecule has 0 saturated carbocycles. The quantitative estimate of drug-likeness (QED) is 0.758. The summed E-state index contributed by atoms with van der Waals surface area (Å²) < 4.78 is 0. The Kier molecular flexibility index (Phi) is 4.35. The molecule has 4 rings (SSSR count). The number of hydrogen-bond acceptors (Lipinski definition) is 3. The Hall–Kier alpha value is -2.49. The average Bonchev–Trinajstić information content (AvgIpc) is 2.98. The van der Waals surface area contributed by atoms with Gasteiger partial charge in [0.1, 0.15) is 0 Å². The molecule has 0 bridgehead atoms. The smallest absolute Gasteiger partial charge is 0.0949 e. The van der Waals surface area contributed by atoms with Gasteiger partial charge >= 0.3 is 0 Å². The van der Waals surface area contributed by atoms with Gasteiger partial charge in [-0.2, -0.15) is 0 Å². The number of aliphatic hydroxyl groups excluding tert-OH is 1. The highest BCUT2D eigenvalue weighted by Gasteiger charge is 2.31. The second kappa shape index (κ2) is 6.79. The summed E-state index contributed by atoms with van der Waals surface area (Å²) in [5.41, 5.74) is 5.88. The van der Waals surface area contributed by atoms with Crippen LogP contribution in [-0.2, 0) is 6.42 Å². The lowest BCUT2D eigenvalue weighted by Gasteiger charge is -2.23. The van der Waals surface area contributed by atoms with Gasteiger partial charge in [0.15, 0.2) is 0 Å². The standard InChI is InChI=1S/C22H22N2O/c1-15(24-21-14-19-4-2-3-5-20(19)22(21)25)16-6-8-17(9-7-16)18-10-12-23-13-11-18/h2-13,15,21-22,24-25H,14H2,1H3. The summed E-state index contributed by atoms with van der Waals surface area (Å²) >= 11 is 0. The Morgan fingerprint density at radius 1 is 0.960 bits per heavy atom. The molecule has 3 unspecified atom stereocenters. The fourth-order valence-corrected chi connectivity index (χ4v) is 3.65. The van der Waals surface area contributed by atoms with Gasteiger partial charge in [0.05, 0.1) is 6.10 Å². The SMILES string of the molecule is CC(NC1Cc2ccccc2C1O)c1ccc(-c2ccncc2)cc1. The van der Waals surface area contributed by atoms with Crippen LogP contribution < -0.4 is 5.32 Å². The Balaban J connectivity index is 1.46. The lowest BCUT2D eigenvalue weighted by molar-refractivity contribution is 0.136. The first-order valence-electron chi connectivity index (χ1n) is 8.74. The van der Waals surface area contributed by atoms with Crippen LogP contribution in [0, 0.1) is 0 Å². The number of nitrogens with one attached hydrogen (secondary N) is 1. The summed E-state index contributed by atoms with van der Waals surface area (Å²) in [4.78, 5) is 4.06. The number of benzene rings is 2. The second-order valence-corrected chi connectivity index (χ2v) is 6.70. The maximum absolute atomic E-state index is 10.6. The van der Waals surface area contributed by atoms with E-state index in [1.165, 1.54) is 22.3 Å². The van der Waals surface area contributed by atoms with Gasteiger partial charge in [0, 0.05) is 24.5 Å². The van der Waals surface area contributed by atoms with Crippen molar-refractivity contribution in [2.24, 2.45) is 0 Å². The topological polar surface area (TPSA) is 45.1 Å². The number of aliphatic hydroxyl groups is 1. The Bertz CT molecular complexity index is 845. The van der Waals surface area contributed by atoms with E-state index in [0.717, 1.165) is 12.0 Å². The number of hydrogen-bond donors (Lipinski definition) is 2. The molecular weight excluding hydrogens is 308 g/mol. The molecule has 0 spiro atoms. The van der Waals surface area contributed by atoms with E-state index in [-0.39, 0.29) is 12.1 Å². The van der Waals surface area contributed by atoms with Crippen LogP contribution in [0.4, 0.5) is 0 Å². The van der Waals surface area contributed by atoms with Crippen LogP contribution in [-0.4, -0.2) is 16.1 Å². The van der Waals surface area contributed by atoms with E-state index in [2.05, 4.69) is 47.6 Å². The van der Waals surface area contributed by atoms with Crippen molar-refractivity contribution in [1.82, 2.24) is 10.3 Å². The van der Waals surface area contributed by atoms with Crippen LogP contribution in [0.25, 0.3) is 11.1 Å². The molecule has 126 valence electrons. The molecule has 3 atom stereocenters. The summed E-state index contributed by atoms with van der Waals surface area (Å²) in [7, 11) is 0. The minimum Gasteiger partial charge on any atom is -0.387 e. The number of aromatic nitrogens is 1. The van der Waals surface area contributed by atoms with E-state index in [1.807, 2.05) is 42.7 Å². The predicted molar refractivity (Wildman–Crippen MR) is 100 cm³/mol. The average molecular weight is 330 g/mol. The van der Waals surface area contributed by atoms with E-state index in [1.54, 1.807) is 0 Å². The van der Waals surface area contributed by atoms with Gasteiger partial charge in [0.25, 0.3) is 0 Å². The van der Waals surface area contributed by atoms with E-state index in [0.29, 0.717) is 0 Å². The fraction of sp³-hybridized carbons (Fsp3) is 0.227. The molecule has 2 aromatic carbocycles. The van der Waals surface area contributed by atoms with Crippen LogP contribution >= 0.6 is 0 Å². The van der Waals surface area contributed by atoms with Gasteiger partial charge < -0.3 is 10.4 Å². The highest BCUT2D eigenvalue weighted by Crippen LogP contribution is 2.32. The lowest BCUT2D eigenvalue weighted by atomic mass is 10.0. The summed E-state index contributed by atoms with van der Waals surface area (Å²) in [6.45, 7) is 2.15. The molecule has 0 aliphatic heterocycles. The molecule has 0 radical (unpaired) electrons. The molecule has 25 heavy (non-hydrogen) atoms. The van der Waals surface area contributed by atoms with Crippen molar-refractivity contribution in [3.05, 3.63) is 89.7 Å². The molecule has 2 N–H and O–H groups in total. The van der Waals surface area contributed by atoms with E-state index in [4.69, 9.17) is 0 Å². The molecule has 1 aromatic heterocycles. The largest absolute Gasteiger partial charge is 0.387 e. The van der Waals surface area contributed by atoms with Gasteiger partial charge in [-0.1, -0.05) is 48.5 Å². The van der Waals surface area contributed by atoms with Crippen LogP contribution in [0.5, 0.6) is 0 Å². The molecule has 3 heteroatoms. The number of rotatable bonds is 4. The highest BCUT2D eigenvalue weighted by molar-refractivity contribution is 5.63. The zero-order valence-corrected chi connectivity index (χ0v) is 14.3. The molecule has 3 aromatic rings. The van der Waals surface area contributed by atoms with Crippen molar-refractivity contribution in [3.63, 3.8) is 0 Å². The van der Waals surface area contributed by atoms with Crippen molar-refractivity contribution in [3.8, 4) is 11.1 Å². The monoisotopic (exact) mass is 330 g/mol. The first-order chi connectivity index (χ1) is 12.2. The first kappa shape index (κ1) is 16.0. The minimum atomic E-state index is -0.435. The van der Waals surface area contributed by atoms with E-state index in [9.17, 15) is 5.11 Å². The van der Waals surface area contributed by atoms with E-state index < -0.39 is 6.10 Å². The van der Waals surface area contributed by atoms with Crippen molar-refractivity contribution in [2.45, 2.75) is 31.5 Å². The van der Waals surface area contributed by atoms with Crippen LogP contribution in [0.2, 0.25) is 0 Å². The molecule has 1 heterocycles. The van der Waals surface area contributed by atoms with Gasteiger partial charge in [-0.25, -0.2) is 0 Å². The highest BCUT2D eigenvalue weighted by atomic mass is 16.3. The third-order valence-corrected chi connectivity index (χ3v) is 5.08. The Morgan fingerprint density at radius 3 is 2.36 bits per heavy atom. The van der Waals surface area contributed by atoms with Crippen molar-refractivity contribution < 1.29 is 5.11 Å². The summed E-state index contributed by atoms with van der Waals surface area (Å²) in [6.07, 6.45) is 4.06. The Morgan fingerprint density at radius 2 is 1.64 bits per heavy atom. The molecule has 3 nitrogen and oxygen atoms in total. The van der Waals surface area contributed by atoms with Crippen molar-refractivity contribution in [2.75, 3.05) is 0 Å². The molecule has 0 fully saturated rings. The van der Waals surface area contributed by atoms with E-state index >= 15 is 0 Å². The van der Waals surface area contributed by atoms with Crippen molar-refractivity contribution in [1.29, 1.82) is 0 Å². The molecule has 1 aliphatic carbocycles. The molecule has 0 amide bonds. The molecule has 0 saturated heterocycles. The molecule has 1 aliphatic rings. The normalized spacial score (nSPS) is 20.2. The number of nitrogens with zero attached hydrogens (tertiary/aromatic N) is 1. The zero-order chi connectivity index (χ0) is 17.2. The maximum atomic E-state index is 10.6. The number of fused-ring (bicyclic) bond motifs is 1. The van der Waals surface area contributed by atoms with Gasteiger partial charge in [-0.05, 0) is 53.3 Å². The van der Waals surface area contributed by atoms with Crippen LogP contribution in [0.1, 0.15) is 35.8 Å². The van der Waals surface area contributed by atoms with Crippen LogP contribution in [0.3, 0.4) is 0 Å². The zero-order valence-electron chi connectivity index (χ0n) is 14.3. The van der Waals surface area contributed by atoms with Gasteiger partial charge in [0.2, 0.25) is 0 Å². The first-order valence-corrected chi connectivity index (χ1v) is 8.74. The van der Waals surface area contributed by atoms with Crippen LogP contribution in [0.15, 0.2) is 73.1 Å². The second-order valence-electron chi connectivity index (χ2n) is 6.70. The third kappa shape index (κ3) is 3.21. The summed E-state index contributed by atoms with van der Waals surface area (Å²) in [6, 6.07) is 21.0. The third-order valence-electron chi connectivity index (χ3n) is 5.08. The summed E-state index contributed by atoms with van der Waals surface area (Å²) in [5.74, 6) is 0. The number of pyridine rings is 1. The summed E-state index contributed by atoms with van der Waals surface area (Å²) in [5, 5.41) is 14.2. The van der Waals surface area contributed by atoms with Crippen molar-refractivity contribution >= 4 is 0 Å². The predicted octanol–water partition coefficient (Wildman–Crippen LogP) is 4.06. The fourth-order valence-electron chi connectivity index (χ4n) is 3.65. The van der Waals surface area contributed by atoms with Gasteiger partial charge in [-0.3, -0.25) is 4.98 Å². The Labute approximate surface area is 148 Å². The van der Waals surface area contributed by atoms with Gasteiger partial charge in [-0.15, -0.1) is 0 Å².